The number of nitrogens with one attached hydrogen (secondary N) is 2. The predicted molar refractivity (Wildman–Crippen MR) is 139 cm³/mol. The van der Waals surface area contributed by atoms with Gasteiger partial charge in [0.15, 0.2) is 0 Å². The van der Waals surface area contributed by atoms with Crippen molar-refractivity contribution in [3.8, 4) is 6.07 Å². The van der Waals surface area contributed by atoms with Crippen molar-refractivity contribution in [3.05, 3.63) is 45.8 Å². The number of rotatable bonds is 5. The van der Waals surface area contributed by atoms with Crippen LogP contribution in [0.15, 0.2) is 29.2 Å². The van der Waals surface area contributed by atoms with Crippen molar-refractivity contribution in [1.29, 1.82) is 5.26 Å². The molecule has 7 nitrogen and oxygen atoms in total. The molecule has 2 N–H and O–H groups in total. The van der Waals surface area contributed by atoms with E-state index in [2.05, 4.69) is 44.4 Å². The Balaban J connectivity index is 1.55. The molecule has 2 aromatic rings. The number of hydrogen-bond donors (Lipinski definition) is 2. The normalized spacial score (nSPS) is 19.7. The minimum atomic E-state index is -3.62. The molecule has 1 saturated carbocycles. The zero-order chi connectivity index (χ0) is 25.6. The summed E-state index contributed by atoms with van der Waals surface area (Å²) in [5, 5.41) is 16.9. The molecule has 2 heterocycles. The van der Waals surface area contributed by atoms with Gasteiger partial charge in [0.1, 0.15) is 11.1 Å². The van der Waals surface area contributed by atoms with Crippen molar-refractivity contribution in [1.82, 2.24) is 9.62 Å². The van der Waals surface area contributed by atoms with Gasteiger partial charge in [0.25, 0.3) is 5.91 Å². The molecule has 188 valence electrons. The average molecular weight is 515 g/mol. The maximum atomic E-state index is 13.1. The molecular formula is C26H34N4O3S2. The maximum absolute atomic E-state index is 13.1. The van der Waals surface area contributed by atoms with Crippen LogP contribution in [0, 0.1) is 11.3 Å². The SMILES string of the molecule is CN(C1CCCCC1)S(=O)(=O)c1ccc(C(=O)Nc2sc3c(c2C#N)CC(C)(C)NC3(C)C)cc1. The molecule has 1 aromatic heterocycles. The van der Waals surface area contributed by atoms with Crippen LogP contribution >= 0.6 is 11.3 Å². The zero-order valence-corrected chi connectivity index (χ0v) is 22.7. The number of carbonyl (C=O) groups excluding carboxylic acids is 1. The fraction of sp³-hybridized carbons (Fsp3) is 0.538. The Hall–Kier alpha value is -2.25. The number of nitriles is 1. The number of thiophene rings is 1. The highest BCUT2D eigenvalue weighted by molar-refractivity contribution is 7.89. The minimum Gasteiger partial charge on any atom is -0.312 e. The Morgan fingerprint density at radius 3 is 2.37 bits per heavy atom. The van der Waals surface area contributed by atoms with E-state index in [1.54, 1.807) is 7.05 Å². The number of amides is 1. The van der Waals surface area contributed by atoms with E-state index in [9.17, 15) is 18.5 Å². The van der Waals surface area contributed by atoms with Crippen LogP contribution < -0.4 is 10.6 Å². The van der Waals surface area contributed by atoms with Gasteiger partial charge in [-0.3, -0.25) is 4.79 Å². The average Bonchev–Trinajstić information content (AvgIpc) is 3.15. The van der Waals surface area contributed by atoms with Gasteiger partial charge in [0.05, 0.1) is 10.5 Å². The molecule has 0 bridgehead atoms. The molecule has 2 aliphatic rings. The van der Waals surface area contributed by atoms with Gasteiger partial charge >= 0.3 is 0 Å². The fourth-order valence-corrected chi connectivity index (χ4v) is 8.13. The van der Waals surface area contributed by atoms with Gasteiger partial charge in [-0.25, -0.2) is 8.42 Å². The first-order chi connectivity index (χ1) is 16.4. The predicted octanol–water partition coefficient (Wildman–Crippen LogP) is 4.98. The molecule has 9 heteroatoms. The van der Waals surface area contributed by atoms with Crippen molar-refractivity contribution in [2.45, 2.75) is 88.2 Å². The summed E-state index contributed by atoms with van der Waals surface area (Å²) >= 11 is 1.42. The Kier molecular flexibility index (Phi) is 6.88. The number of hydrogen-bond acceptors (Lipinski definition) is 6. The van der Waals surface area contributed by atoms with E-state index in [0.29, 0.717) is 22.5 Å². The lowest BCUT2D eigenvalue weighted by Crippen LogP contribution is -2.54. The van der Waals surface area contributed by atoms with E-state index in [1.807, 2.05) is 0 Å². The molecule has 1 aliphatic heterocycles. The van der Waals surface area contributed by atoms with Crippen molar-refractivity contribution < 1.29 is 13.2 Å². The van der Waals surface area contributed by atoms with Crippen molar-refractivity contribution in [2.75, 3.05) is 12.4 Å². The van der Waals surface area contributed by atoms with E-state index in [0.717, 1.165) is 42.5 Å². The standard InChI is InChI=1S/C26H34N4O3S2/c1-25(2)15-20-21(16-27)24(34-22(20)26(3,4)29-25)28-23(31)17-11-13-19(14-12-17)35(32,33)30(5)18-9-7-6-8-10-18/h11-14,18,29H,6-10,15H2,1-5H3,(H,28,31). The smallest absolute Gasteiger partial charge is 0.256 e. The summed E-state index contributed by atoms with van der Waals surface area (Å²) in [6, 6.07) is 8.36. The molecule has 1 fully saturated rings. The van der Waals surface area contributed by atoms with Crippen LogP contribution in [0.2, 0.25) is 0 Å². The summed E-state index contributed by atoms with van der Waals surface area (Å²) in [4.78, 5) is 14.3. The van der Waals surface area contributed by atoms with Crippen LogP contribution in [0.5, 0.6) is 0 Å². The summed E-state index contributed by atoms with van der Waals surface area (Å²) in [6.45, 7) is 8.38. The number of fused-ring (bicyclic) bond motifs is 1. The molecule has 1 aromatic carbocycles. The van der Waals surface area contributed by atoms with Gasteiger partial charge in [0.2, 0.25) is 10.0 Å². The van der Waals surface area contributed by atoms with Crippen LogP contribution in [-0.2, 0) is 22.0 Å². The van der Waals surface area contributed by atoms with Crippen LogP contribution in [0.3, 0.4) is 0 Å². The molecule has 35 heavy (non-hydrogen) atoms. The first kappa shape index (κ1) is 25.8. The highest BCUT2D eigenvalue weighted by atomic mass is 32.2. The third-order valence-corrected chi connectivity index (χ3v) is 10.5. The van der Waals surface area contributed by atoms with Crippen LogP contribution in [0.4, 0.5) is 5.00 Å². The van der Waals surface area contributed by atoms with Crippen molar-refractivity contribution >= 4 is 32.3 Å². The molecular weight excluding hydrogens is 480 g/mol. The highest BCUT2D eigenvalue weighted by Gasteiger charge is 2.40. The van der Waals surface area contributed by atoms with Gasteiger partial charge in [-0.2, -0.15) is 9.57 Å². The maximum Gasteiger partial charge on any atom is 0.256 e. The topological polar surface area (TPSA) is 102 Å². The summed E-state index contributed by atoms with van der Waals surface area (Å²) < 4.78 is 27.7. The quantitative estimate of drug-likeness (QED) is 0.586. The lowest BCUT2D eigenvalue weighted by molar-refractivity contribution is 0.102. The highest BCUT2D eigenvalue weighted by Crippen LogP contribution is 2.44. The van der Waals surface area contributed by atoms with Gasteiger partial charge < -0.3 is 10.6 Å². The van der Waals surface area contributed by atoms with Crippen molar-refractivity contribution in [2.24, 2.45) is 0 Å². The Labute approximate surface area is 212 Å². The third kappa shape index (κ3) is 5.03. The Morgan fingerprint density at radius 1 is 1.14 bits per heavy atom. The van der Waals surface area contributed by atoms with Gasteiger partial charge in [-0.1, -0.05) is 19.3 Å². The lowest BCUT2D eigenvalue weighted by atomic mass is 9.81. The molecule has 0 atom stereocenters. The summed E-state index contributed by atoms with van der Waals surface area (Å²) in [7, 11) is -1.98. The largest absolute Gasteiger partial charge is 0.312 e. The number of anilines is 1. The van der Waals surface area contributed by atoms with Crippen molar-refractivity contribution in [3.63, 3.8) is 0 Å². The Morgan fingerprint density at radius 2 is 1.77 bits per heavy atom. The van der Waals surface area contributed by atoms with E-state index in [-0.39, 0.29) is 27.9 Å². The first-order valence-corrected chi connectivity index (χ1v) is 14.4. The van der Waals surface area contributed by atoms with E-state index in [1.165, 1.54) is 39.9 Å². The van der Waals surface area contributed by atoms with Gasteiger partial charge in [0, 0.05) is 34.6 Å². The number of nitrogens with zero attached hydrogens (tertiary/aromatic N) is 2. The lowest BCUT2D eigenvalue weighted by Gasteiger charge is -2.42. The summed E-state index contributed by atoms with van der Waals surface area (Å²) in [5.74, 6) is -0.366. The monoisotopic (exact) mass is 514 g/mol. The molecule has 1 amide bonds. The fourth-order valence-electron chi connectivity index (χ4n) is 5.49. The van der Waals surface area contributed by atoms with Crippen LogP contribution in [-0.4, -0.2) is 37.3 Å². The van der Waals surface area contributed by atoms with Crippen LogP contribution in [0.1, 0.15) is 86.2 Å². The number of carbonyl (C=O) groups is 1. The van der Waals surface area contributed by atoms with Gasteiger partial charge in [-0.05, 0) is 76.8 Å². The van der Waals surface area contributed by atoms with E-state index < -0.39 is 10.0 Å². The minimum absolute atomic E-state index is 0.0229. The van der Waals surface area contributed by atoms with E-state index >= 15 is 0 Å². The second kappa shape index (κ2) is 9.32. The van der Waals surface area contributed by atoms with E-state index in [4.69, 9.17) is 0 Å². The number of benzene rings is 1. The second-order valence-corrected chi connectivity index (χ2v) is 13.8. The first-order valence-electron chi connectivity index (χ1n) is 12.1. The molecule has 0 radical (unpaired) electrons. The number of sulfonamides is 1. The molecule has 0 unspecified atom stereocenters. The molecule has 1 aliphatic carbocycles. The second-order valence-electron chi connectivity index (χ2n) is 10.8. The molecule has 0 saturated heterocycles. The molecule has 4 rings (SSSR count). The zero-order valence-electron chi connectivity index (χ0n) is 21.1. The third-order valence-electron chi connectivity index (χ3n) is 7.07. The summed E-state index contributed by atoms with van der Waals surface area (Å²) in [5.41, 5.74) is 1.34. The summed E-state index contributed by atoms with van der Waals surface area (Å²) in [6.07, 6.45) is 5.71. The molecule has 0 spiro atoms. The van der Waals surface area contributed by atoms with Gasteiger partial charge in [-0.15, -0.1) is 11.3 Å². The Bertz CT molecular complexity index is 1260. The van der Waals surface area contributed by atoms with Crippen LogP contribution in [0.25, 0.3) is 0 Å².